The van der Waals surface area contributed by atoms with Crippen LogP contribution in [0.1, 0.15) is 36.0 Å². The smallest absolute Gasteiger partial charge is 0.255 e. The molecule has 2 aromatic carbocycles. The number of anilines is 1. The molecule has 0 spiro atoms. The van der Waals surface area contributed by atoms with Crippen LogP contribution < -0.4 is 14.8 Å². The Morgan fingerprint density at radius 3 is 2.43 bits per heavy atom. The number of amides is 1. The third-order valence-corrected chi connectivity index (χ3v) is 7.19. The van der Waals surface area contributed by atoms with Crippen molar-refractivity contribution in [1.29, 1.82) is 0 Å². The number of carbonyl (C=O) groups is 1. The van der Waals surface area contributed by atoms with E-state index in [0.29, 0.717) is 22.7 Å². The molecule has 0 bridgehead atoms. The van der Waals surface area contributed by atoms with E-state index in [1.807, 2.05) is 0 Å². The molecule has 0 radical (unpaired) electrons. The Bertz CT molecular complexity index is 982. The molecule has 1 heterocycles. The van der Waals surface area contributed by atoms with Crippen LogP contribution in [0.15, 0.2) is 47.4 Å². The van der Waals surface area contributed by atoms with Gasteiger partial charge in [-0.25, -0.2) is 8.42 Å². The number of carbonyl (C=O) groups excluding carboxylic acids is 1. The molecule has 28 heavy (non-hydrogen) atoms. The molecule has 0 atom stereocenters. The van der Waals surface area contributed by atoms with Crippen molar-refractivity contribution >= 4 is 21.6 Å². The van der Waals surface area contributed by atoms with Crippen LogP contribution in [0.2, 0.25) is 0 Å². The minimum atomic E-state index is -3.56. The molecular formula is C20H22N2O5S. The highest BCUT2D eigenvalue weighted by Gasteiger charge is 2.30. The van der Waals surface area contributed by atoms with E-state index in [1.54, 1.807) is 25.2 Å². The van der Waals surface area contributed by atoms with Gasteiger partial charge in [-0.15, -0.1) is 0 Å². The summed E-state index contributed by atoms with van der Waals surface area (Å²) in [6.07, 6.45) is 3.91. The number of nitrogens with one attached hydrogen (secondary N) is 1. The van der Waals surface area contributed by atoms with Crippen molar-refractivity contribution in [3.05, 3.63) is 48.0 Å². The van der Waals surface area contributed by atoms with E-state index in [0.717, 1.165) is 25.7 Å². The Hall–Kier alpha value is -2.58. The van der Waals surface area contributed by atoms with E-state index in [-0.39, 0.29) is 23.6 Å². The van der Waals surface area contributed by atoms with Crippen LogP contribution in [0.5, 0.6) is 11.5 Å². The minimum absolute atomic E-state index is 0.0546. The molecule has 0 aromatic heterocycles. The maximum atomic E-state index is 12.8. The fraction of sp³-hybridized carbons (Fsp3) is 0.350. The predicted octanol–water partition coefficient (Wildman–Crippen LogP) is 3.23. The molecule has 1 fully saturated rings. The van der Waals surface area contributed by atoms with E-state index in [9.17, 15) is 13.2 Å². The lowest BCUT2D eigenvalue weighted by Crippen LogP contribution is -2.35. The summed E-state index contributed by atoms with van der Waals surface area (Å²) in [6, 6.07) is 11.2. The van der Waals surface area contributed by atoms with Gasteiger partial charge in [0.25, 0.3) is 5.91 Å². The van der Waals surface area contributed by atoms with Gasteiger partial charge in [-0.2, -0.15) is 4.31 Å². The first-order valence-corrected chi connectivity index (χ1v) is 10.7. The fourth-order valence-corrected chi connectivity index (χ4v) is 5.00. The van der Waals surface area contributed by atoms with Crippen LogP contribution in [0.3, 0.4) is 0 Å². The zero-order valence-corrected chi connectivity index (χ0v) is 16.4. The van der Waals surface area contributed by atoms with Gasteiger partial charge in [0.15, 0.2) is 11.5 Å². The molecule has 0 unspecified atom stereocenters. The van der Waals surface area contributed by atoms with Crippen molar-refractivity contribution < 1.29 is 22.7 Å². The summed E-state index contributed by atoms with van der Waals surface area (Å²) in [5, 5.41) is 2.78. The second-order valence-electron chi connectivity index (χ2n) is 7.01. The van der Waals surface area contributed by atoms with Crippen LogP contribution >= 0.6 is 0 Å². The Labute approximate surface area is 164 Å². The number of benzene rings is 2. The summed E-state index contributed by atoms with van der Waals surface area (Å²) in [4.78, 5) is 12.7. The van der Waals surface area contributed by atoms with E-state index < -0.39 is 10.0 Å². The third-order valence-electron chi connectivity index (χ3n) is 5.26. The molecule has 4 rings (SSSR count). The molecule has 2 aliphatic rings. The van der Waals surface area contributed by atoms with Gasteiger partial charge in [0, 0.05) is 30.4 Å². The number of rotatable bonds is 5. The average molecular weight is 402 g/mol. The third kappa shape index (κ3) is 3.57. The van der Waals surface area contributed by atoms with Gasteiger partial charge < -0.3 is 14.8 Å². The number of nitrogens with zero attached hydrogens (tertiary/aromatic N) is 1. The summed E-state index contributed by atoms with van der Waals surface area (Å²) in [7, 11) is -1.93. The van der Waals surface area contributed by atoms with Crippen LogP contribution in [0.4, 0.5) is 5.69 Å². The lowest BCUT2D eigenvalue weighted by molar-refractivity contribution is 0.102. The van der Waals surface area contributed by atoms with E-state index >= 15 is 0 Å². The molecule has 8 heteroatoms. The van der Waals surface area contributed by atoms with Gasteiger partial charge in [0.1, 0.15) is 0 Å². The van der Waals surface area contributed by atoms with Crippen LogP contribution in [0, 0.1) is 0 Å². The summed E-state index contributed by atoms with van der Waals surface area (Å²) in [5.41, 5.74) is 0.951. The van der Waals surface area contributed by atoms with Crippen LogP contribution in [-0.4, -0.2) is 38.5 Å². The van der Waals surface area contributed by atoms with Gasteiger partial charge in [-0.3, -0.25) is 4.79 Å². The number of sulfonamides is 1. The molecule has 148 valence electrons. The topological polar surface area (TPSA) is 84.9 Å². The van der Waals surface area contributed by atoms with Crippen molar-refractivity contribution in [2.75, 3.05) is 19.2 Å². The fourth-order valence-electron chi connectivity index (χ4n) is 3.59. The summed E-state index contributed by atoms with van der Waals surface area (Å²) >= 11 is 0. The predicted molar refractivity (Wildman–Crippen MR) is 104 cm³/mol. The SMILES string of the molecule is CN(C1CCCC1)S(=O)(=O)c1ccc(C(=O)Nc2ccc3c(c2)OCO3)cc1. The van der Waals surface area contributed by atoms with Crippen LogP contribution in [0.25, 0.3) is 0 Å². The average Bonchev–Trinajstić information content (AvgIpc) is 3.39. The monoisotopic (exact) mass is 402 g/mol. The zero-order chi connectivity index (χ0) is 19.7. The summed E-state index contributed by atoms with van der Waals surface area (Å²) in [5.74, 6) is 0.889. The van der Waals surface area contributed by atoms with Crippen molar-refractivity contribution in [1.82, 2.24) is 4.31 Å². The molecule has 0 saturated heterocycles. The Balaban J connectivity index is 1.47. The maximum Gasteiger partial charge on any atom is 0.255 e. The van der Waals surface area contributed by atoms with Crippen LogP contribution in [-0.2, 0) is 10.0 Å². The normalized spacial score (nSPS) is 16.5. The molecular weight excluding hydrogens is 380 g/mol. The van der Waals surface area contributed by atoms with Gasteiger partial charge in [-0.1, -0.05) is 12.8 Å². The van der Waals surface area contributed by atoms with E-state index in [1.165, 1.54) is 28.6 Å². The van der Waals surface area contributed by atoms with Crippen molar-refractivity contribution in [2.45, 2.75) is 36.6 Å². The largest absolute Gasteiger partial charge is 0.454 e. The van der Waals surface area contributed by atoms with E-state index in [4.69, 9.17) is 9.47 Å². The van der Waals surface area contributed by atoms with Gasteiger partial charge in [0.2, 0.25) is 16.8 Å². The van der Waals surface area contributed by atoms with E-state index in [2.05, 4.69) is 5.32 Å². The van der Waals surface area contributed by atoms with Crippen molar-refractivity contribution in [3.8, 4) is 11.5 Å². The molecule has 1 saturated carbocycles. The Kier molecular flexibility index (Phi) is 4.99. The highest BCUT2D eigenvalue weighted by atomic mass is 32.2. The standard InChI is InChI=1S/C20H22N2O5S/c1-22(16-4-2-3-5-16)28(24,25)17-9-6-14(7-10-17)20(23)21-15-8-11-18-19(12-15)27-13-26-18/h6-12,16H,2-5,13H2,1H3,(H,21,23). The molecule has 1 aliphatic carbocycles. The zero-order valence-electron chi connectivity index (χ0n) is 15.6. The lowest BCUT2D eigenvalue weighted by Gasteiger charge is -2.23. The first-order valence-electron chi connectivity index (χ1n) is 9.24. The first kappa shape index (κ1) is 18.8. The summed E-state index contributed by atoms with van der Waals surface area (Å²) in [6.45, 7) is 0.165. The van der Waals surface area contributed by atoms with Gasteiger partial charge >= 0.3 is 0 Å². The molecule has 1 aliphatic heterocycles. The second kappa shape index (κ2) is 7.44. The Morgan fingerprint density at radius 2 is 1.71 bits per heavy atom. The lowest BCUT2D eigenvalue weighted by atomic mass is 10.2. The van der Waals surface area contributed by atoms with Gasteiger partial charge in [-0.05, 0) is 49.2 Å². The maximum absolute atomic E-state index is 12.8. The second-order valence-corrected chi connectivity index (χ2v) is 9.00. The number of ether oxygens (including phenoxy) is 2. The quantitative estimate of drug-likeness (QED) is 0.830. The molecule has 2 aromatic rings. The summed E-state index contributed by atoms with van der Waals surface area (Å²) < 4.78 is 37.6. The molecule has 1 N–H and O–H groups in total. The van der Waals surface area contributed by atoms with Gasteiger partial charge in [0.05, 0.1) is 4.90 Å². The Morgan fingerprint density at radius 1 is 1.04 bits per heavy atom. The highest BCUT2D eigenvalue weighted by molar-refractivity contribution is 7.89. The number of hydrogen-bond acceptors (Lipinski definition) is 5. The highest BCUT2D eigenvalue weighted by Crippen LogP contribution is 2.34. The van der Waals surface area contributed by atoms with Crippen molar-refractivity contribution in [3.63, 3.8) is 0 Å². The number of fused-ring (bicyclic) bond motifs is 1. The minimum Gasteiger partial charge on any atom is -0.454 e. The number of hydrogen-bond donors (Lipinski definition) is 1. The molecule has 7 nitrogen and oxygen atoms in total. The van der Waals surface area contributed by atoms with Crippen molar-refractivity contribution in [2.24, 2.45) is 0 Å². The first-order chi connectivity index (χ1) is 13.4. The molecule has 1 amide bonds.